The molecule has 0 fully saturated rings. The molecule has 0 N–H and O–H groups in total. The van der Waals surface area contributed by atoms with Gasteiger partial charge in [0, 0.05) is 43.9 Å². The molecule has 0 unspecified atom stereocenters. The van der Waals surface area contributed by atoms with Gasteiger partial charge in [0.1, 0.15) is 0 Å². The average molecular weight is 625 g/mol. The van der Waals surface area contributed by atoms with Crippen LogP contribution >= 0.6 is 0 Å². The first-order valence-corrected chi connectivity index (χ1v) is 17.2. The van der Waals surface area contributed by atoms with Crippen LogP contribution in [0.15, 0.2) is 158 Å². The third kappa shape index (κ3) is 3.50. The van der Waals surface area contributed by atoms with Gasteiger partial charge >= 0.3 is 0 Å². The van der Waals surface area contributed by atoms with E-state index in [-0.39, 0.29) is 5.41 Å². The number of benzene rings is 8. The van der Waals surface area contributed by atoms with Gasteiger partial charge in [-0.25, -0.2) is 0 Å². The fourth-order valence-corrected chi connectivity index (χ4v) is 9.03. The van der Waals surface area contributed by atoms with Crippen LogP contribution in [-0.2, 0) is 5.41 Å². The quantitative estimate of drug-likeness (QED) is 0.181. The molecule has 1 aliphatic carbocycles. The Morgan fingerprint density at radius 2 is 0.959 bits per heavy atom. The van der Waals surface area contributed by atoms with E-state index in [4.69, 9.17) is 0 Å². The lowest BCUT2D eigenvalue weighted by Crippen LogP contribution is -2.23. The zero-order chi connectivity index (χ0) is 32.4. The highest BCUT2D eigenvalue weighted by Gasteiger charge is 2.35. The van der Waals surface area contributed by atoms with E-state index >= 15 is 0 Å². The van der Waals surface area contributed by atoms with Crippen LogP contribution in [0.3, 0.4) is 0 Å². The normalized spacial score (nSPS) is 13.7. The van der Waals surface area contributed by atoms with Crippen molar-refractivity contribution in [3.63, 3.8) is 0 Å². The summed E-state index contributed by atoms with van der Waals surface area (Å²) in [5.41, 5.74) is 12.6. The number of nitrogens with zero attached hydrogens (tertiary/aromatic N) is 2. The Morgan fingerprint density at radius 3 is 1.69 bits per heavy atom. The second-order valence-electron chi connectivity index (χ2n) is 14.2. The van der Waals surface area contributed by atoms with E-state index in [9.17, 15) is 0 Å². The number of fused-ring (bicyclic) bond motifs is 10. The van der Waals surface area contributed by atoms with Crippen molar-refractivity contribution in [2.75, 3.05) is 0 Å². The van der Waals surface area contributed by atoms with E-state index in [1.807, 2.05) is 0 Å². The minimum absolute atomic E-state index is 0.105. The van der Waals surface area contributed by atoms with Crippen molar-refractivity contribution in [2.45, 2.75) is 19.3 Å². The predicted octanol–water partition coefficient (Wildman–Crippen LogP) is 12.5. The number of hydrogen-bond donors (Lipinski definition) is 0. The third-order valence-electron chi connectivity index (χ3n) is 11.2. The highest BCUT2D eigenvalue weighted by Crippen LogP contribution is 2.53. The molecule has 2 heterocycles. The van der Waals surface area contributed by atoms with E-state index < -0.39 is 0 Å². The SMILES string of the molecule is CC1(C)c2ccccc2-c2c3c1cccc3cc1c3cc4ccccc4cc3n(-c3ccc(-n4c5ccccc5c5ccccc54)cc3)c21. The van der Waals surface area contributed by atoms with Crippen molar-refractivity contribution in [2.24, 2.45) is 0 Å². The highest BCUT2D eigenvalue weighted by atomic mass is 15.0. The van der Waals surface area contributed by atoms with Crippen molar-refractivity contribution >= 4 is 65.2 Å². The summed E-state index contributed by atoms with van der Waals surface area (Å²) in [6, 6.07) is 58.6. The van der Waals surface area contributed by atoms with E-state index in [2.05, 4.69) is 181 Å². The molecule has 2 aromatic heterocycles. The van der Waals surface area contributed by atoms with Crippen molar-refractivity contribution in [1.29, 1.82) is 0 Å². The Balaban J connectivity index is 1.27. The standard InChI is InChI=1S/C47H32N2/c1-47(2)39-18-8-5-17-36(39)45-44-31(14-11-19-40(44)47)27-38-37-26-29-12-3-4-13-30(29)28-43(37)49(46(38)45)33-24-22-32(23-25-33)48-41-20-9-6-15-34(41)35-16-7-10-21-42(35)48/h3-28H,1-2H3. The number of aromatic nitrogens is 2. The van der Waals surface area contributed by atoms with Crippen LogP contribution in [0.4, 0.5) is 0 Å². The topological polar surface area (TPSA) is 9.86 Å². The summed E-state index contributed by atoms with van der Waals surface area (Å²) in [4.78, 5) is 0. The largest absolute Gasteiger partial charge is 0.309 e. The van der Waals surface area contributed by atoms with Gasteiger partial charge in [-0.3, -0.25) is 0 Å². The number of para-hydroxylation sites is 2. The lowest BCUT2D eigenvalue weighted by molar-refractivity contribution is 0.645. The minimum Gasteiger partial charge on any atom is -0.309 e. The molecule has 1 aliphatic rings. The Bertz CT molecular complexity index is 2950. The Kier molecular flexibility index (Phi) is 5.21. The summed E-state index contributed by atoms with van der Waals surface area (Å²) in [7, 11) is 0. The lowest BCUT2D eigenvalue weighted by Gasteiger charge is -2.35. The minimum atomic E-state index is -0.105. The zero-order valence-electron chi connectivity index (χ0n) is 27.4. The first kappa shape index (κ1) is 26.9. The zero-order valence-corrected chi connectivity index (χ0v) is 27.4. The van der Waals surface area contributed by atoms with Crippen LogP contribution < -0.4 is 0 Å². The summed E-state index contributed by atoms with van der Waals surface area (Å²) in [6.45, 7) is 4.76. The number of rotatable bonds is 2. The second-order valence-corrected chi connectivity index (χ2v) is 14.2. The number of hydrogen-bond acceptors (Lipinski definition) is 0. The second kappa shape index (κ2) is 9.49. The lowest BCUT2D eigenvalue weighted by atomic mass is 9.68. The van der Waals surface area contributed by atoms with E-state index in [1.165, 1.54) is 87.4 Å². The van der Waals surface area contributed by atoms with E-state index in [0.29, 0.717) is 0 Å². The van der Waals surface area contributed by atoms with Crippen molar-refractivity contribution in [1.82, 2.24) is 9.13 Å². The van der Waals surface area contributed by atoms with Gasteiger partial charge in [0.15, 0.2) is 0 Å². The van der Waals surface area contributed by atoms with Crippen LogP contribution in [0.1, 0.15) is 25.0 Å². The van der Waals surface area contributed by atoms with Crippen LogP contribution in [-0.4, -0.2) is 9.13 Å². The molecule has 11 rings (SSSR count). The van der Waals surface area contributed by atoms with E-state index in [1.54, 1.807) is 0 Å². The van der Waals surface area contributed by atoms with Crippen LogP contribution in [0.25, 0.3) is 87.7 Å². The molecule has 2 heteroatoms. The van der Waals surface area contributed by atoms with Gasteiger partial charge in [-0.05, 0) is 92.8 Å². The molecule has 0 spiro atoms. The van der Waals surface area contributed by atoms with Gasteiger partial charge in [0.05, 0.1) is 22.1 Å². The monoisotopic (exact) mass is 624 g/mol. The van der Waals surface area contributed by atoms with Gasteiger partial charge in [-0.1, -0.05) is 117 Å². The molecule has 8 aromatic carbocycles. The van der Waals surface area contributed by atoms with Crippen molar-refractivity contribution in [3.8, 4) is 22.5 Å². The van der Waals surface area contributed by atoms with Gasteiger partial charge in [-0.2, -0.15) is 0 Å². The van der Waals surface area contributed by atoms with Crippen molar-refractivity contribution in [3.05, 3.63) is 169 Å². The molecule has 230 valence electrons. The maximum atomic E-state index is 2.54. The third-order valence-corrected chi connectivity index (χ3v) is 11.2. The summed E-state index contributed by atoms with van der Waals surface area (Å²) < 4.78 is 4.93. The molecule has 0 atom stereocenters. The Labute approximate surface area is 284 Å². The molecular weight excluding hydrogens is 593 g/mol. The van der Waals surface area contributed by atoms with Crippen LogP contribution in [0.2, 0.25) is 0 Å². The molecule has 10 aromatic rings. The van der Waals surface area contributed by atoms with E-state index in [0.717, 1.165) is 11.4 Å². The smallest absolute Gasteiger partial charge is 0.0626 e. The maximum Gasteiger partial charge on any atom is 0.0626 e. The van der Waals surface area contributed by atoms with Crippen LogP contribution in [0.5, 0.6) is 0 Å². The summed E-state index contributed by atoms with van der Waals surface area (Å²) in [5, 5.41) is 10.3. The molecule has 0 saturated carbocycles. The molecule has 2 nitrogen and oxygen atoms in total. The average Bonchev–Trinajstić information content (AvgIpc) is 3.64. The predicted molar refractivity (Wildman–Crippen MR) is 208 cm³/mol. The Morgan fingerprint density at radius 1 is 0.408 bits per heavy atom. The molecule has 0 bridgehead atoms. The molecule has 49 heavy (non-hydrogen) atoms. The molecule has 0 saturated heterocycles. The van der Waals surface area contributed by atoms with Gasteiger partial charge in [0.2, 0.25) is 0 Å². The summed E-state index contributed by atoms with van der Waals surface area (Å²) in [6.07, 6.45) is 0. The van der Waals surface area contributed by atoms with Crippen molar-refractivity contribution < 1.29 is 0 Å². The summed E-state index contributed by atoms with van der Waals surface area (Å²) in [5.74, 6) is 0. The fourth-order valence-electron chi connectivity index (χ4n) is 9.03. The molecule has 0 radical (unpaired) electrons. The fraction of sp³-hybridized carbons (Fsp3) is 0.0638. The maximum absolute atomic E-state index is 2.54. The Hall–Kier alpha value is -6.12. The molecule has 0 amide bonds. The van der Waals surface area contributed by atoms with Gasteiger partial charge in [-0.15, -0.1) is 0 Å². The van der Waals surface area contributed by atoms with Gasteiger partial charge < -0.3 is 9.13 Å². The van der Waals surface area contributed by atoms with Crippen LogP contribution in [0, 0.1) is 0 Å². The first-order valence-electron chi connectivity index (χ1n) is 17.2. The van der Waals surface area contributed by atoms with Gasteiger partial charge in [0.25, 0.3) is 0 Å². The molecule has 0 aliphatic heterocycles. The first-order chi connectivity index (χ1) is 24.1. The highest BCUT2D eigenvalue weighted by molar-refractivity contribution is 6.24. The summed E-state index contributed by atoms with van der Waals surface area (Å²) >= 11 is 0. The molecular formula is C47H32N2.